The van der Waals surface area contributed by atoms with Gasteiger partial charge in [0.05, 0.1) is 13.2 Å². The smallest absolute Gasteiger partial charge is 0.169 e. The van der Waals surface area contributed by atoms with Crippen molar-refractivity contribution in [3.05, 3.63) is 47.5 Å². The highest BCUT2D eigenvalue weighted by Gasteiger charge is 2.38. The Morgan fingerprint density at radius 3 is 2.45 bits per heavy atom. The molecule has 4 rings (SSSR count). The average molecular weight is 296 g/mol. The van der Waals surface area contributed by atoms with Gasteiger partial charge in [-0.15, -0.1) is 0 Å². The number of allylic oxidation sites excluding steroid dienone is 1. The first kappa shape index (κ1) is 13.8. The Kier molecular flexibility index (Phi) is 3.40. The Labute approximate surface area is 130 Å². The molecule has 2 fully saturated rings. The Morgan fingerprint density at radius 1 is 0.955 bits per heavy atom. The Bertz CT molecular complexity index is 715. The van der Waals surface area contributed by atoms with Crippen LogP contribution in [0.1, 0.15) is 31.2 Å². The first-order valence-electron chi connectivity index (χ1n) is 7.94. The number of ether oxygens (including phenoxy) is 2. The molecule has 1 heterocycles. The molecule has 1 spiro atoms. The minimum atomic E-state index is -0.335. The van der Waals surface area contributed by atoms with E-state index in [2.05, 4.69) is 18.2 Å². The van der Waals surface area contributed by atoms with E-state index in [1.807, 2.05) is 18.2 Å². The van der Waals surface area contributed by atoms with Crippen molar-refractivity contribution in [3.8, 4) is 5.75 Å². The molecular formula is C19H20O3. The van der Waals surface area contributed by atoms with Crippen LogP contribution in [0, 0.1) is 0 Å². The molecule has 1 saturated heterocycles. The van der Waals surface area contributed by atoms with Crippen LogP contribution in [-0.4, -0.2) is 24.1 Å². The number of phenolic OH excluding ortho intramolecular Hbond substituents is 1. The van der Waals surface area contributed by atoms with Crippen molar-refractivity contribution in [1.82, 2.24) is 0 Å². The van der Waals surface area contributed by atoms with Gasteiger partial charge in [-0.1, -0.05) is 42.0 Å². The van der Waals surface area contributed by atoms with Gasteiger partial charge in [-0.3, -0.25) is 0 Å². The summed E-state index contributed by atoms with van der Waals surface area (Å²) in [4.78, 5) is 0. The summed E-state index contributed by atoms with van der Waals surface area (Å²) in [5, 5.41) is 12.5. The van der Waals surface area contributed by atoms with E-state index in [0.717, 1.165) is 42.0 Å². The second kappa shape index (κ2) is 5.41. The summed E-state index contributed by atoms with van der Waals surface area (Å²) in [6.45, 7) is 1.42. The lowest BCUT2D eigenvalue weighted by atomic mass is 9.88. The molecule has 1 aliphatic carbocycles. The average Bonchev–Trinajstić information content (AvgIpc) is 3.01. The molecule has 2 aliphatic rings. The van der Waals surface area contributed by atoms with Gasteiger partial charge >= 0.3 is 0 Å². The number of hydrogen-bond acceptors (Lipinski definition) is 3. The van der Waals surface area contributed by atoms with Crippen molar-refractivity contribution in [3.63, 3.8) is 0 Å². The molecule has 2 aromatic rings. The molecule has 3 heteroatoms. The zero-order valence-corrected chi connectivity index (χ0v) is 12.5. The van der Waals surface area contributed by atoms with E-state index in [1.54, 1.807) is 6.07 Å². The fourth-order valence-electron chi connectivity index (χ4n) is 3.52. The van der Waals surface area contributed by atoms with Crippen LogP contribution in [0.4, 0.5) is 0 Å². The van der Waals surface area contributed by atoms with Crippen LogP contribution in [0.25, 0.3) is 16.8 Å². The van der Waals surface area contributed by atoms with Crippen molar-refractivity contribution in [2.45, 2.75) is 31.5 Å². The zero-order chi connectivity index (χ0) is 15.0. The van der Waals surface area contributed by atoms with E-state index >= 15 is 0 Å². The van der Waals surface area contributed by atoms with Gasteiger partial charge < -0.3 is 14.6 Å². The number of hydrogen-bond donors (Lipinski definition) is 1. The summed E-state index contributed by atoms with van der Waals surface area (Å²) in [5.74, 6) is 0.0119. The van der Waals surface area contributed by atoms with Crippen LogP contribution in [0.3, 0.4) is 0 Å². The zero-order valence-electron chi connectivity index (χ0n) is 12.5. The SMILES string of the molecule is Oc1ccc2ccccc2c1C=C1CCC2(CC1)OCCO2. The van der Waals surface area contributed by atoms with Crippen LogP contribution in [-0.2, 0) is 9.47 Å². The summed E-state index contributed by atoms with van der Waals surface area (Å²) < 4.78 is 11.6. The monoisotopic (exact) mass is 296 g/mol. The van der Waals surface area contributed by atoms with E-state index in [-0.39, 0.29) is 5.79 Å². The fourth-order valence-corrected chi connectivity index (χ4v) is 3.52. The normalized spacial score (nSPS) is 20.6. The van der Waals surface area contributed by atoms with E-state index in [0.29, 0.717) is 19.0 Å². The third-order valence-corrected chi connectivity index (χ3v) is 4.76. The van der Waals surface area contributed by atoms with Crippen molar-refractivity contribution in [2.24, 2.45) is 0 Å². The molecule has 1 saturated carbocycles. The van der Waals surface area contributed by atoms with Gasteiger partial charge in [-0.05, 0) is 29.7 Å². The first-order valence-corrected chi connectivity index (χ1v) is 7.94. The summed E-state index contributed by atoms with van der Waals surface area (Å²) in [5.41, 5.74) is 2.29. The van der Waals surface area contributed by atoms with Crippen molar-refractivity contribution in [1.29, 1.82) is 0 Å². The molecule has 0 atom stereocenters. The van der Waals surface area contributed by atoms with Crippen LogP contribution in [0.2, 0.25) is 0 Å². The molecular weight excluding hydrogens is 276 g/mol. The Balaban J connectivity index is 1.65. The summed E-state index contributed by atoms with van der Waals surface area (Å²) in [6.07, 6.45) is 5.89. The highest BCUT2D eigenvalue weighted by Crippen LogP contribution is 2.39. The van der Waals surface area contributed by atoms with Gasteiger partial charge in [0.15, 0.2) is 5.79 Å². The number of benzene rings is 2. The maximum Gasteiger partial charge on any atom is 0.169 e. The molecule has 3 nitrogen and oxygen atoms in total. The molecule has 0 amide bonds. The third-order valence-electron chi connectivity index (χ3n) is 4.76. The molecule has 1 aliphatic heterocycles. The van der Waals surface area contributed by atoms with Gasteiger partial charge in [0, 0.05) is 18.4 Å². The molecule has 2 aromatic carbocycles. The van der Waals surface area contributed by atoms with Crippen LogP contribution in [0.5, 0.6) is 5.75 Å². The van der Waals surface area contributed by atoms with Crippen molar-refractivity contribution in [2.75, 3.05) is 13.2 Å². The highest BCUT2D eigenvalue weighted by molar-refractivity contribution is 5.93. The van der Waals surface area contributed by atoms with Crippen LogP contribution >= 0.6 is 0 Å². The lowest BCUT2D eigenvalue weighted by Gasteiger charge is -2.32. The predicted octanol–water partition coefficient (Wildman–Crippen LogP) is 4.25. The molecule has 0 aromatic heterocycles. The van der Waals surface area contributed by atoms with E-state index < -0.39 is 0 Å². The quantitative estimate of drug-likeness (QED) is 0.855. The molecule has 22 heavy (non-hydrogen) atoms. The lowest BCUT2D eigenvalue weighted by Crippen LogP contribution is -2.33. The largest absolute Gasteiger partial charge is 0.507 e. The van der Waals surface area contributed by atoms with Gasteiger partial charge in [0.2, 0.25) is 0 Å². The lowest BCUT2D eigenvalue weighted by molar-refractivity contribution is -0.171. The Hall–Kier alpha value is -1.84. The third kappa shape index (κ3) is 2.40. The summed E-state index contributed by atoms with van der Waals surface area (Å²) in [6, 6.07) is 11.9. The van der Waals surface area contributed by atoms with Crippen molar-refractivity contribution >= 4 is 16.8 Å². The molecule has 0 bridgehead atoms. The number of phenols is 1. The second-order valence-corrected chi connectivity index (χ2v) is 6.13. The van der Waals surface area contributed by atoms with Crippen LogP contribution in [0.15, 0.2) is 42.0 Å². The van der Waals surface area contributed by atoms with Gasteiger partial charge in [0.25, 0.3) is 0 Å². The molecule has 114 valence electrons. The van der Waals surface area contributed by atoms with Crippen molar-refractivity contribution < 1.29 is 14.6 Å². The molecule has 1 N–H and O–H groups in total. The molecule has 0 radical (unpaired) electrons. The topological polar surface area (TPSA) is 38.7 Å². The Morgan fingerprint density at radius 2 is 1.68 bits per heavy atom. The highest BCUT2D eigenvalue weighted by atomic mass is 16.7. The maximum atomic E-state index is 10.3. The summed E-state index contributed by atoms with van der Waals surface area (Å²) in [7, 11) is 0. The molecule has 0 unspecified atom stereocenters. The van der Waals surface area contributed by atoms with Gasteiger partial charge in [0.1, 0.15) is 5.75 Å². The first-order chi connectivity index (χ1) is 10.8. The minimum Gasteiger partial charge on any atom is -0.507 e. The van der Waals surface area contributed by atoms with Gasteiger partial charge in [-0.2, -0.15) is 0 Å². The van der Waals surface area contributed by atoms with Gasteiger partial charge in [-0.25, -0.2) is 0 Å². The van der Waals surface area contributed by atoms with Crippen LogP contribution < -0.4 is 0 Å². The fraction of sp³-hybridized carbons (Fsp3) is 0.368. The standard InChI is InChI=1S/C19H20O3/c20-18-6-5-15-3-1-2-4-16(15)17(18)13-14-7-9-19(10-8-14)21-11-12-22-19/h1-6,13,20H,7-12H2. The minimum absolute atomic E-state index is 0.335. The summed E-state index contributed by atoms with van der Waals surface area (Å²) >= 11 is 0. The number of fused-ring (bicyclic) bond motifs is 1. The number of rotatable bonds is 1. The predicted molar refractivity (Wildman–Crippen MR) is 86.7 cm³/mol. The van der Waals surface area contributed by atoms with E-state index in [4.69, 9.17) is 9.47 Å². The maximum absolute atomic E-state index is 10.3. The number of aromatic hydroxyl groups is 1. The van der Waals surface area contributed by atoms with E-state index in [9.17, 15) is 5.11 Å². The second-order valence-electron chi connectivity index (χ2n) is 6.13. The van der Waals surface area contributed by atoms with E-state index in [1.165, 1.54) is 5.57 Å².